The number of hydrogen-bond donors (Lipinski definition) is 2. The molecule has 3 rings (SSSR count). The Labute approximate surface area is 158 Å². The molecule has 2 unspecified atom stereocenters. The van der Waals surface area contributed by atoms with E-state index in [0.717, 1.165) is 18.4 Å². The van der Waals surface area contributed by atoms with E-state index >= 15 is 0 Å². The van der Waals surface area contributed by atoms with Gasteiger partial charge in [0, 0.05) is 0 Å². The van der Waals surface area contributed by atoms with Crippen LogP contribution in [-0.4, -0.2) is 36.0 Å². The van der Waals surface area contributed by atoms with E-state index in [0.29, 0.717) is 12.8 Å². The molecule has 0 amide bonds. The maximum Gasteiger partial charge on any atom is 0.339 e. The second-order valence-electron chi connectivity index (χ2n) is 6.82. The molecule has 0 aliphatic heterocycles. The highest BCUT2D eigenvalue weighted by molar-refractivity contribution is 7.92. The Balaban J connectivity index is 1.89. The average Bonchev–Trinajstić information content (AvgIpc) is 2.64. The van der Waals surface area contributed by atoms with Gasteiger partial charge < -0.3 is 14.9 Å². The van der Waals surface area contributed by atoms with Gasteiger partial charge in [0.15, 0.2) is 9.84 Å². The van der Waals surface area contributed by atoms with Crippen LogP contribution in [0.2, 0.25) is 0 Å². The molecule has 2 atom stereocenters. The van der Waals surface area contributed by atoms with Crippen molar-refractivity contribution in [3.8, 4) is 11.5 Å². The number of aryl methyl sites for hydroxylation is 1. The van der Waals surface area contributed by atoms with Crippen LogP contribution in [0.25, 0.3) is 0 Å². The summed E-state index contributed by atoms with van der Waals surface area (Å²) in [7, 11) is -3.57. The van der Waals surface area contributed by atoms with E-state index in [1.54, 1.807) is 24.3 Å². The van der Waals surface area contributed by atoms with E-state index in [1.807, 2.05) is 6.92 Å². The molecular weight excluding hydrogens is 368 g/mol. The van der Waals surface area contributed by atoms with Crippen molar-refractivity contribution in [2.24, 2.45) is 0 Å². The first kappa shape index (κ1) is 19.2. The van der Waals surface area contributed by atoms with E-state index < -0.39 is 27.2 Å². The van der Waals surface area contributed by atoms with E-state index in [4.69, 9.17) is 9.84 Å². The largest absolute Gasteiger partial charge is 0.507 e. The SMILES string of the molecule is Cc1ccc(S(=O)(=O)C2CCCCC2Oc2ccc(O)c(C(=O)O)c2)cc1. The molecular formula is C20H22O6S. The second-order valence-corrected chi connectivity index (χ2v) is 8.99. The fourth-order valence-electron chi connectivity index (χ4n) is 3.39. The third-order valence-corrected chi connectivity index (χ3v) is 7.14. The minimum absolute atomic E-state index is 0.237. The van der Waals surface area contributed by atoms with Crippen molar-refractivity contribution in [3.05, 3.63) is 53.6 Å². The van der Waals surface area contributed by atoms with Crippen molar-refractivity contribution in [3.63, 3.8) is 0 Å². The number of aromatic carboxylic acids is 1. The summed E-state index contributed by atoms with van der Waals surface area (Å²) in [4.78, 5) is 11.5. The first-order valence-electron chi connectivity index (χ1n) is 8.82. The zero-order valence-corrected chi connectivity index (χ0v) is 15.8. The molecule has 2 aromatic carbocycles. The van der Waals surface area contributed by atoms with Crippen LogP contribution in [0.15, 0.2) is 47.4 Å². The van der Waals surface area contributed by atoms with Crippen LogP contribution >= 0.6 is 0 Å². The second kappa shape index (κ2) is 7.60. The van der Waals surface area contributed by atoms with Crippen molar-refractivity contribution < 1.29 is 28.2 Å². The smallest absolute Gasteiger partial charge is 0.339 e. The van der Waals surface area contributed by atoms with E-state index in [1.165, 1.54) is 18.2 Å². The number of ether oxygens (including phenoxy) is 1. The fraction of sp³-hybridized carbons (Fsp3) is 0.350. The number of carboxylic acids is 1. The van der Waals surface area contributed by atoms with Gasteiger partial charge in [0.25, 0.3) is 0 Å². The third kappa shape index (κ3) is 4.08. The predicted octanol–water partition coefficient (Wildman–Crippen LogP) is 3.56. The van der Waals surface area contributed by atoms with Crippen molar-refractivity contribution in [1.29, 1.82) is 0 Å². The van der Waals surface area contributed by atoms with Crippen LogP contribution in [0.5, 0.6) is 11.5 Å². The van der Waals surface area contributed by atoms with E-state index in [9.17, 15) is 18.3 Å². The van der Waals surface area contributed by atoms with Gasteiger partial charge in [-0.3, -0.25) is 0 Å². The summed E-state index contributed by atoms with van der Waals surface area (Å²) >= 11 is 0. The lowest BCUT2D eigenvalue weighted by Crippen LogP contribution is -2.40. The van der Waals surface area contributed by atoms with Crippen LogP contribution in [0.1, 0.15) is 41.6 Å². The molecule has 1 aliphatic rings. The molecule has 2 aromatic rings. The highest BCUT2D eigenvalue weighted by Crippen LogP contribution is 2.33. The average molecular weight is 390 g/mol. The molecule has 0 aromatic heterocycles. The van der Waals surface area contributed by atoms with Gasteiger partial charge in [-0.25, -0.2) is 13.2 Å². The van der Waals surface area contributed by atoms with Gasteiger partial charge in [-0.2, -0.15) is 0 Å². The Hall–Kier alpha value is -2.54. The first-order chi connectivity index (χ1) is 12.8. The molecule has 1 fully saturated rings. The molecule has 0 bridgehead atoms. The Kier molecular flexibility index (Phi) is 5.41. The summed E-state index contributed by atoms with van der Waals surface area (Å²) < 4.78 is 32.1. The normalized spacial score (nSPS) is 20.2. The zero-order valence-electron chi connectivity index (χ0n) is 15.0. The molecule has 1 aliphatic carbocycles. The predicted molar refractivity (Wildman–Crippen MR) is 100 cm³/mol. The number of hydrogen-bond acceptors (Lipinski definition) is 5. The summed E-state index contributed by atoms with van der Waals surface area (Å²) in [5.74, 6) is -1.39. The number of phenols is 1. The number of aromatic hydroxyl groups is 1. The highest BCUT2D eigenvalue weighted by atomic mass is 32.2. The summed E-state index contributed by atoms with van der Waals surface area (Å²) in [6.07, 6.45) is 2.13. The van der Waals surface area contributed by atoms with Gasteiger partial charge >= 0.3 is 5.97 Å². The maximum atomic E-state index is 13.1. The van der Waals surface area contributed by atoms with Crippen LogP contribution < -0.4 is 4.74 Å². The molecule has 6 nitrogen and oxygen atoms in total. The lowest BCUT2D eigenvalue weighted by atomic mass is 9.97. The van der Waals surface area contributed by atoms with Gasteiger partial charge in [-0.05, 0) is 56.5 Å². The quantitative estimate of drug-likeness (QED) is 0.809. The lowest BCUT2D eigenvalue weighted by molar-refractivity contribution is 0.0692. The lowest BCUT2D eigenvalue weighted by Gasteiger charge is -2.31. The van der Waals surface area contributed by atoms with E-state index in [2.05, 4.69) is 0 Å². The van der Waals surface area contributed by atoms with Crippen LogP contribution in [0.4, 0.5) is 0 Å². The number of carboxylic acid groups (broad SMARTS) is 1. The minimum Gasteiger partial charge on any atom is -0.507 e. The Morgan fingerprint density at radius 1 is 1.07 bits per heavy atom. The molecule has 144 valence electrons. The monoisotopic (exact) mass is 390 g/mol. The third-order valence-electron chi connectivity index (χ3n) is 4.88. The number of benzene rings is 2. The Morgan fingerprint density at radius 3 is 2.41 bits per heavy atom. The molecule has 7 heteroatoms. The topological polar surface area (TPSA) is 101 Å². The van der Waals surface area contributed by atoms with Gasteiger partial charge in [0.2, 0.25) is 0 Å². The number of rotatable bonds is 5. The van der Waals surface area contributed by atoms with Crippen molar-refractivity contribution >= 4 is 15.8 Å². The summed E-state index contributed by atoms with van der Waals surface area (Å²) in [5.41, 5.74) is 0.705. The van der Waals surface area contributed by atoms with Crippen molar-refractivity contribution in [1.82, 2.24) is 0 Å². The number of carbonyl (C=O) groups is 1. The van der Waals surface area contributed by atoms with Gasteiger partial charge in [0.1, 0.15) is 28.4 Å². The maximum absolute atomic E-state index is 13.1. The van der Waals surface area contributed by atoms with Crippen LogP contribution in [0.3, 0.4) is 0 Å². The van der Waals surface area contributed by atoms with Gasteiger partial charge in [-0.15, -0.1) is 0 Å². The standard InChI is InChI=1S/C20H22O6S/c1-13-6-9-15(10-7-13)27(24,25)19-5-3-2-4-18(19)26-14-8-11-17(21)16(12-14)20(22)23/h6-12,18-19,21H,2-5H2,1H3,(H,22,23). The summed E-state index contributed by atoms with van der Waals surface area (Å²) in [5, 5.41) is 18.1. The number of sulfone groups is 1. The molecule has 0 spiro atoms. The highest BCUT2D eigenvalue weighted by Gasteiger charge is 2.38. The molecule has 27 heavy (non-hydrogen) atoms. The molecule has 0 saturated heterocycles. The Bertz CT molecular complexity index is 933. The first-order valence-corrected chi connectivity index (χ1v) is 10.4. The molecule has 1 saturated carbocycles. The minimum atomic E-state index is -3.57. The summed E-state index contributed by atoms with van der Waals surface area (Å²) in [6, 6.07) is 10.7. The molecule has 0 heterocycles. The van der Waals surface area contributed by atoms with Gasteiger partial charge in [-0.1, -0.05) is 24.1 Å². The Morgan fingerprint density at radius 2 is 1.74 bits per heavy atom. The molecule has 0 radical (unpaired) electrons. The fourth-order valence-corrected chi connectivity index (χ4v) is 5.32. The van der Waals surface area contributed by atoms with Crippen LogP contribution in [0, 0.1) is 6.92 Å². The molecule has 2 N–H and O–H groups in total. The van der Waals surface area contributed by atoms with Crippen molar-refractivity contribution in [2.45, 2.75) is 48.9 Å². The van der Waals surface area contributed by atoms with Crippen molar-refractivity contribution in [2.75, 3.05) is 0 Å². The summed E-state index contributed by atoms with van der Waals surface area (Å²) in [6.45, 7) is 1.90. The van der Waals surface area contributed by atoms with E-state index in [-0.39, 0.29) is 22.0 Å². The van der Waals surface area contributed by atoms with Crippen LogP contribution in [-0.2, 0) is 9.84 Å². The van der Waals surface area contributed by atoms with Gasteiger partial charge in [0.05, 0.1) is 4.90 Å². The zero-order chi connectivity index (χ0) is 19.6.